The summed E-state index contributed by atoms with van der Waals surface area (Å²) in [7, 11) is 2.08. The molecule has 5 heteroatoms. The Labute approximate surface area is 157 Å². The Morgan fingerprint density at radius 1 is 1.08 bits per heavy atom. The lowest BCUT2D eigenvalue weighted by molar-refractivity contribution is 0.0662. The first-order valence-electron chi connectivity index (χ1n) is 8.50. The molecule has 1 fully saturated rings. The first-order valence-corrected chi connectivity index (χ1v) is 9.29. The molecule has 0 unspecified atom stereocenters. The van der Waals surface area contributed by atoms with Gasteiger partial charge < -0.3 is 14.5 Å². The third kappa shape index (κ3) is 4.22. The fourth-order valence-corrected chi connectivity index (χ4v) is 3.58. The fraction of sp³-hybridized carbons (Fsp3) is 0.350. The fourth-order valence-electron chi connectivity index (χ4n) is 2.98. The summed E-state index contributed by atoms with van der Waals surface area (Å²) in [6.07, 6.45) is 0. The molecule has 0 radical (unpaired) electrons. The number of carbonyl (C=O) groups excluding carboxylic acids is 1. The summed E-state index contributed by atoms with van der Waals surface area (Å²) in [4.78, 5) is 17.2. The Bertz CT molecular complexity index is 741. The zero-order valence-electron chi connectivity index (χ0n) is 14.7. The molecule has 1 saturated heterocycles. The van der Waals surface area contributed by atoms with Crippen molar-refractivity contribution in [3.8, 4) is 5.75 Å². The van der Waals surface area contributed by atoms with E-state index in [1.165, 1.54) is 0 Å². The van der Waals surface area contributed by atoms with E-state index < -0.39 is 0 Å². The quantitative estimate of drug-likeness (QED) is 0.780. The normalized spacial score (nSPS) is 15.2. The number of ether oxygens (including phenoxy) is 1. The minimum atomic E-state index is 0.0719. The standard InChI is InChI=1S/C20H23BrN2O2/c1-15-18(25-14-16-6-4-3-5-7-16)9-8-17(21)19(15)20(24)23-12-10-22(2)11-13-23/h3-9H,10-14H2,1-2H3. The van der Waals surface area contributed by atoms with Gasteiger partial charge in [0.15, 0.2) is 0 Å². The summed E-state index contributed by atoms with van der Waals surface area (Å²) < 4.78 is 6.79. The van der Waals surface area contributed by atoms with Crippen LogP contribution in [0.25, 0.3) is 0 Å². The molecule has 2 aromatic rings. The molecule has 0 spiro atoms. The van der Waals surface area contributed by atoms with Crippen molar-refractivity contribution in [2.45, 2.75) is 13.5 Å². The molecule has 0 aliphatic carbocycles. The number of piperazine rings is 1. The topological polar surface area (TPSA) is 32.8 Å². The van der Waals surface area contributed by atoms with Crippen molar-refractivity contribution in [1.82, 2.24) is 9.80 Å². The van der Waals surface area contributed by atoms with Crippen LogP contribution in [0.15, 0.2) is 46.9 Å². The average molecular weight is 403 g/mol. The smallest absolute Gasteiger partial charge is 0.255 e. The summed E-state index contributed by atoms with van der Waals surface area (Å²) in [5.41, 5.74) is 2.70. The van der Waals surface area contributed by atoms with Crippen molar-refractivity contribution in [1.29, 1.82) is 0 Å². The van der Waals surface area contributed by atoms with Crippen LogP contribution in [0, 0.1) is 6.92 Å². The highest BCUT2D eigenvalue weighted by atomic mass is 79.9. The Morgan fingerprint density at radius 3 is 2.44 bits per heavy atom. The van der Waals surface area contributed by atoms with Crippen LogP contribution in [0.3, 0.4) is 0 Å². The summed E-state index contributed by atoms with van der Waals surface area (Å²) in [6.45, 7) is 5.78. The van der Waals surface area contributed by atoms with Gasteiger partial charge in [-0.1, -0.05) is 30.3 Å². The number of carbonyl (C=O) groups is 1. The summed E-state index contributed by atoms with van der Waals surface area (Å²) >= 11 is 3.54. The van der Waals surface area contributed by atoms with Crippen molar-refractivity contribution < 1.29 is 9.53 Å². The van der Waals surface area contributed by atoms with Crippen LogP contribution in [0.1, 0.15) is 21.5 Å². The number of rotatable bonds is 4. The van der Waals surface area contributed by atoms with Gasteiger partial charge in [-0.3, -0.25) is 4.79 Å². The van der Waals surface area contributed by atoms with Gasteiger partial charge in [-0.05, 0) is 47.6 Å². The second kappa shape index (κ2) is 8.02. The van der Waals surface area contributed by atoms with Gasteiger partial charge in [0.2, 0.25) is 0 Å². The van der Waals surface area contributed by atoms with Gasteiger partial charge in [0.25, 0.3) is 5.91 Å². The summed E-state index contributed by atoms with van der Waals surface area (Å²) in [5, 5.41) is 0. The Kier molecular flexibility index (Phi) is 5.76. The molecule has 0 bridgehead atoms. The number of amides is 1. The monoisotopic (exact) mass is 402 g/mol. The van der Waals surface area contributed by atoms with Crippen molar-refractivity contribution in [3.05, 3.63) is 63.6 Å². The Morgan fingerprint density at radius 2 is 1.76 bits per heavy atom. The van der Waals surface area contributed by atoms with E-state index in [0.717, 1.165) is 47.5 Å². The number of halogens is 1. The maximum absolute atomic E-state index is 13.0. The minimum absolute atomic E-state index is 0.0719. The zero-order chi connectivity index (χ0) is 17.8. The SMILES string of the molecule is Cc1c(OCc2ccccc2)ccc(Br)c1C(=O)N1CCN(C)CC1. The van der Waals surface area contributed by atoms with Crippen molar-refractivity contribution in [3.63, 3.8) is 0 Å². The Balaban J connectivity index is 1.78. The van der Waals surface area contributed by atoms with Crippen molar-refractivity contribution in [2.75, 3.05) is 33.2 Å². The first-order chi connectivity index (χ1) is 12.1. The molecule has 0 aromatic heterocycles. The van der Waals surface area contributed by atoms with Gasteiger partial charge in [0.05, 0.1) is 5.56 Å². The lowest BCUT2D eigenvalue weighted by Gasteiger charge is -2.33. The van der Waals surface area contributed by atoms with E-state index in [0.29, 0.717) is 12.2 Å². The predicted octanol–water partition coefficient (Wildman–Crippen LogP) is 3.72. The van der Waals surface area contributed by atoms with Gasteiger partial charge in [0.1, 0.15) is 12.4 Å². The third-order valence-corrected chi connectivity index (χ3v) is 5.27. The average Bonchev–Trinajstić information content (AvgIpc) is 2.62. The molecule has 2 aromatic carbocycles. The molecule has 1 aliphatic heterocycles. The second-order valence-corrected chi connectivity index (χ2v) is 7.27. The maximum Gasteiger partial charge on any atom is 0.255 e. The van der Waals surface area contributed by atoms with Crippen LogP contribution < -0.4 is 4.74 Å². The van der Waals surface area contributed by atoms with E-state index in [1.54, 1.807) is 0 Å². The van der Waals surface area contributed by atoms with Gasteiger partial charge in [-0.25, -0.2) is 0 Å². The number of benzene rings is 2. The van der Waals surface area contributed by atoms with Gasteiger partial charge in [-0.15, -0.1) is 0 Å². The molecule has 132 valence electrons. The lowest BCUT2D eigenvalue weighted by atomic mass is 10.1. The van der Waals surface area contributed by atoms with E-state index in [1.807, 2.05) is 54.3 Å². The third-order valence-electron chi connectivity index (χ3n) is 4.61. The molecule has 0 saturated carbocycles. The van der Waals surface area contributed by atoms with E-state index >= 15 is 0 Å². The molecular weight excluding hydrogens is 380 g/mol. The van der Waals surface area contributed by atoms with Crippen LogP contribution >= 0.6 is 15.9 Å². The number of likely N-dealkylation sites (N-methyl/N-ethyl adjacent to an activating group) is 1. The van der Waals surface area contributed by atoms with Crippen LogP contribution in [-0.4, -0.2) is 48.9 Å². The largest absolute Gasteiger partial charge is 0.489 e. The highest BCUT2D eigenvalue weighted by Crippen LogP contribution is 2.30. The molecule has 0 atom stereocenters. The number of hydrogen-bond donors (Lipinski definition) is 0. The van der Waals surface area contributed by atoms with Gasteiger partial charge in [0, 0.05) is 36.2 Å². The number of nitrogens with zero attached hydrogens (tertiary/aromatic N) is 2. The predicted molar refractivity (Wildman–Crippen MR) is 103 cm³/mol. The van der Waals surface area contributed by atoms with E-state index in [9.17, 15) is 4.79 Å². The Hall–Kier alpha value is -1.85. The lowest BCUT2D eigenvalue weighted by Crippen LogP contribution is -2.47. The van der Waals surface area contributed by atoms with E-state index in [-0.39, 0.29) is 5.91 Å². The highest BCUT2D eigenvalue weighted by Gasteiger charge is 2.24. The number of hydrogen-bond acceptors (Lipinski definition) is 3. The van der Waals surface area contributed by atoms with Gasteiger partial charge in [-0.2, -0.15) is 0 Å². The second-order valence-electron chi connectivity index (χ2n) is 6.42. The van der Waals surface area contributed by atoms with E-state index in [2.05, 4.69) is 27.9 Å². The van der Waals surface area contributed by atoms with Crippen LogP contribution in [0.5, 0.6) is 5.75 Å². The van der Waals surface area contributed by atoms with Crippen LogP contribution in [-0.2, 0) is 6.61 Å². The molecular formula is C20H23BrN2O2. The molecule has 25 heavy (non-hydrogen) atoms. The van der Waals surface area contributed by atoms with Crippen LogP contribution in [0.4, 0.5) is 0 Å². The van der Waals surface area contributed by atoms with E-state index in [4.69, 9.17) is 4.74 Å². The minimum Gasteiger partial charge on any atom is -0.489 e. The molecule has 4 nitrogen and oxygen atoms in total. The zero-order valence-corrected chi connectivity index (χ0v) is 16.3. The first kappa shape index (κ1) is 18.0. The van der Waals surface area contributed by atoms with Crippen molar-refractivity contribution >= 4 is 21.8 Å². The summed E-state index contributed by atoms with van der Waals surface area (Å²) in [5.74, 6) is 0.826. The molecule has 0 N–H and O–H groups in total. The molecule has 1 amide bonds. The molecule has 3 rings (SSSR count). The van der Waals surface area contributed by atoms with Crippen LogP contribution in [0.2, 0.25) is 0 Å². The molecule has 1 aliphatic rings. The van der Waals surface area contributed by atoms with Crippen molar-refractivity contribution in [2.24, 2.45) is 0 Å². The molecule has 1 heterocycles. The highest BCUT2D eigenvalue weighted by molar-refractivity contribution is 9.10. The maximum atomic E-state index is 13.0. The van der Waals surface area contributed by atoms with Gasteiger partial charge >= 0.3 is 0 Å². The summed E-state index contributed by atoms with van der Waals surface area (Å²) in [6, 6.07) is 13.9.